The number of anilines is 1. The number of nitrogens with zero attached hydrogens (tertiary/aromatic N) is 1. The van der Waals surface area contributed by atoms with Gasteiger partial charge < -0.3 is 14.8 Å². The zero-order chi connectivity index (χ0) is 16.4. The first kappa shape index (κ1) is 16.1. The Morgan fingerprint density at radius 3 is 2.78 bits per heavy atom. The third kappa shape index (κ3) is 3.79. The van der Waals surface area contributed by atoms with Crippen LogP contribution in [0.25, 0.3) is 10.9 Å². The number of benzene rings is 1. The molecule has 1 N–H and O–H groups in total. The molecule has 0 aliphatic carbocycles. The van der Waals surface area contributed by atoms with E-state index in [1.807, 2.05) is 19.9 Å². The third-order valence-corrected chi connectivity index (χ3v) is 4.16. The standard InChI is InChI=1S/C18H23FN2O2/c1-12(10-18(3)22-6-7-23-18)11-20-17-8-13(2)21-16-5-4-14(19)9-15(16)17/h4-5,8-9,12H,6-7,10-11H2,1-3H3,(H,20,21). The van der Waals surface area contributed by atoms with Crippen LogP contribution in [0, 0.1) is 18.7 Å². The highest BCUT2D eigenvalue weighted by Gasteiger charge is 2.32. The van der Waals surface area contributed by atoms with Gasteiger partial charge in [0.1, 0.15) is 5.82 Å². The Balaban J connectivity index is 1.72. The summed E-state index contributed by atoms with van der Waals surface area (Å²) in [5.74, 6) is -0.377. The van der Waals surface area contributed by atoms with Crippen LogP contribution in [0.2, 0.25) is 0 Å². The molecule has 23 heavy (non-hydrogen) atoms. The molecule has 0 amide bonds. The van der Waals surface area contributed by atoms with E-state index in [1.165, 1.54) is 12.1 Å². The summed E-state index contributed by atoms with van der Waals surface area (Å²) in [6.45, 7) is 8.15. The van der Waals surface area contributed by atoms with Gasteiger partial charge in [0, 0.05) is 29.7 Å². The normalized spacial score (nSPS) is 18.3. The summed E-state index contributed by atoms with van der Waals surface area (Å²) in [4.78, 5) is 4.45. The topological polar surface area (TPSA) is 43.4 Å². The molecule has 4 nitrogen and oxygen atoms in total. The van der Waals surface area contributed by atoms with E-state index in [4.69, 9.17) is 9.47 Å². The van der Waals surface area contributed by atoms with Gasteiger partial charge in [-0.3, -0.25) is 4.98 Å². The zero-order valence-electron chi connectivity index (χ0n) is 13.9. The Morgan fingerprint density at radius 2 is 2.04 bits per heavy atom. The summed E-state index contributed by atoms with van der Waals surface area (Å²) in [6, 6.07) is 6.64. The molecule has 124 valence electrons. The van der Waals surface area contributed by atoms with E-state index < -0.39 is 5.79 Å². The molecule has 1 atom stereocenters. The number of hydrogen-bond acceptors (Lipinski definition) is 4. The summed E-state index contributed by atoms with van der Waals surface area (Å²) in [5, 5.41) is 4.24. The number of halogens is 1. The van der Waals surface area contributed by atoms with Crippen molar-refractivity contribution in [1.82, 2.24) is 4.98 Å². The Labute approximate surface area is 136 Å². The second kappa shape index (κ2) is 6.42. The van der Waals surface area contributed by atoms with Crippen LogP contribution in [-0.2, 0) is 9.47 Å². The maximum atomic E-state index is 13.5. The van der Waals surface area contributed by atoms with Gasteiger partial charge in [-0.1, -0.05) is 6.92 Å². The van der Waals surface area contributed by atoms with E-state index in [2.05, 4.69) is 17.2 Å². The van der Waals surface area contributed by atoms with Crippen LogP contribution >= 0.6 is 0 Å². The number of hydrogen-bond donors (Lipinski definition) is 1. The second-order valence-electron chi connectivity index (χ2n) is 6.49. The number of rotatable bonds is 5. The molecule has 5 heteroatoms. The minimum Gasteiger partial charge on any atom is -0.384 e. The molecule has 1 aliphatic heterocycles. The highest BCUT2D eigenvalue weighted by Crippen LogP contribution is 2.28. The summed E-state index contributed by atoms with van der Waals surface area (Å²) in [6.07, 6.45) is 0.816. The van der Waals surface area contributed by atoms with Gasteiger partial charge in [0.2, 0.25) is 0 Å². The Bertz CT molecular complexity index is 699. The molecule has 1 fully saturated rings. The molecule has 1 aromatic heterocycles. The highest BCUT2D eigenvalue weighted by atomic mass is 19.1. The molecule has 1 aliphatic rings. The van der Waals surface area contributed by atoms with Gasteiger partial charge in [0.25, 0.3) is 0 Å². The van der Waals surface area contributed by atoms with Crippen LogP contribution in [0.5, 0.6) is 0 Å². The first-order chi connectivity index (χ1) is 11.0. The first-order valence-electron chi connectivity index (χ1n) is 8.04. The Hall–Kier alpha value is -1.72. The Kier molecular flexibility index (Phi) is 4.50. The van der Waals surface area contributed by atoms with Gasteiger partial charge in [-0.15, -0.1) is 0 Å². The molecule has 0 saturated carbocycles. The van der Waals surface area contributed by atoms with Gasteiger partial charge in [-0.25, -0.2) is 4.39 Å². The van der Waals surface area contributed by atoms with Gasteiger partial charge in [0.15, 0.2) is 5.79 Å². The van der Waals surface area contributed by atoms with Crippen LogP contribution in [0.4, 0.5) is 10.1 Å². The molecule has 3 rings (SSSR count). The Morgan fingerprint density at radius 1 is 1.30 bits per heavy atom. The lowest BCUT2D eigenvalue weighted by molar-refractivity contribution is -0.153. The van der Waals surface area contributed by atoms with Crippen LogP contribution in [-0.4, -0.2) is 30.5 Å². The minimum absolute atomic E-state index is 0.250. The van der Waals surface area contributed by atoms with Crippen molar-refractivity contribution in [3.8, 4) is 0 Å². The van der Waals surface area contributed by atoms with E-state index in [9.17, 15) is 4.39 Å². The third-order valence-electron chi connectivity index (χ3n) is 4.16. The average molecular weight is 318 g/mol. The quantitative estimate of drug-likeness (QED) is 0.908. The first-order valence-corrected chi connectivity index (χ1v) is 8.04. The van der Waals surface area contributed by atoms with Crippen molar-refractivity contribution < 1.29 is 13.9 Å². The zero-order valence-corrected chi connectivity index (χ0v) is 13.9. The average Bonchev–Trinajstić information content (AvgIpc) is 2.91. The molecular weight excluding hydrogens is 295 g/mol. The molecular formula is C18H23FN2O2. The SMILES string of the molecule is Cc1cc(NCC(C)CC2(C)OCCO2)c2cc(F)ccc2n1. The van der Waals surface area contributed by atoms with Crippen molar-refractivity contribution >= 4 is 16.6 Å². The molecule has 1 aromatic carbocycles. The molecule has 0 bridgehead atoms. The van der Waals surface area contributed by atoms with Gasteiger partial charge in [-0.05, 0) is 44.0 Å². The van der Waals surface area contributed by atoms with Crippen molar-refractivity contribution in [3.63, 3.8) is 0 Å². The lowest BCUT2D eigenvalue weighted by Gasteiger charge is -2.26. The molecule has 1 saturated heterocycles. The smallest absolute Gasteiger partial charge is 0.166 e. The van der Waals surface area contributed by atoms with E-state index in [0.29, 0.717) is 19.1 Å². The largest absolute Gasteiger partial charge is 0.384 e. The number of aromatic nitrogens is 1. The van der Waals surface area contributed by atoms with Gasteiger partial charge in [0.05, 0.1) is 18.7 Å². The fourth-order valence-corrected chi connectivity index (χ4v) is 3.14. The number of pyridine rings is 1. The molecule has 0 spiro atoms. The number of ether oxygens (including phenoxy) is 2. The molecule has 1 unspecified atom stereocenters. The van der Waals surface area contributed by atoms with E-state index in [0.717, 1.165) is 35.2 Å². The predicted molar refractivity (Wildman–Crippen MR) is 89.0 cm³/mol. The van der Waals surface area contributed by atoms with Crippen LogP contribution in [0.3, 0.4) is 0 Å². The van der Waals surface area contributed by atoms with Crippen molar-refractivity contribution in [1.29, 1.82) is 0 Å². The summed E-state index contributed by atoms with van der Waals surface area (Å²) in [5.41, 5.74) is 2.63. The molecule has 0 radical (unpaired) electrons. The van der Waals surface area contributed by atoms with Crippen molar-refractivity contribution in [2.24, 2.45) is 5.92 Å². The van der Waals surface area contributed by atoms with E-state index in [-0.39, 0.29) is 5.82 Å². The van der Waals surface area contributed by atoms with Gasteiger partial charge >= 0.3 is 0 Å². The van der Waals surface area contributed by atoms with Crippen LogP contribution < -0.4 is 5.32 Å². The second-order valence-corrected chi connectivity index (χ2v) is 6.49. The van der Waals surface area contributed by atoms with Crippen molar-refractivity contribution in [3.05, 3.63) is 35.8 Å². The fraction of sp³-hybridized carbons (Fsp3) is 0.500. The molecule has 2 heterocycles. The number of aryl methyl sites for hydroxylation is 1. The maximum Gasteiger partial charge on any atom is 0.166 e. The minimum atomic E-state index is -0.483. The maximum absolute atomic E-state index is 13.5. The van der Waals surface area contributed by atoms with Crippen LogP contribution in [0.15, 0.2) is 24.3 Å². The van der Waals surface area contributed by atoms with E-state index >= 15 is 0 Å². The fourth-order valence-electron chi connectivity index (χ4n) is 3.14. The summed E-state index contributed by atoms with van der Waals surface area (Å²) in [7, 11) is 0. The lowest BCUT2D eigenvalue weighted by Crippen LogP contribution is -2.30. The van der Waals surface area contributed by atoms with Crippen LogP contribution in [0.1, 0.15) is 26.0 Å². The summed E-state index contributed by atoms with van der Waals surface area (Å²) >= 11 is 0. The number of nitrogens with one attached hydrogen (secondary N) is 1. The van der Waals surface area contributed by atoms with Gasteiger partial charge in [-0.2, -0.15) is 0 Å². The van der Waals surface area contributed by atoms with Crippen molar-refractivity contribution in [2.45, 2.75) is 33.0 Å². The van der Waals surface area contributed by atoms with Crippen molar-refractivity contribution in [2.75, 3.05) is 25.1 Å². The predicted octanol–water partition coefficient (Wildman–Crippen LogP) is 3.88. The van der Waals surface area contributed by atoms with E-state index in [1.54, 1.807) is 6.07 Å². The highest BCUT2D eigenvalue weighted by molar-refractivity contribution is 5.91. The monoisotopic (exact) mass is 318 g/mol. The summed E-state index contributed by atoms with van der Waals surface area (Å²) < 4.78 is 24.9. The lowest BCUT2D eigenvalue weighted by atomic mass is 10.0. The number of fused-ring (bicyclic) bond motifs is 1. The molecule has 2 aromatic rings.